The van der Waals surface area contributed by atoms with Gasteiger partial charge in [-0.25, -0.2) is 4.57 Å². The van der Waals surface area contributed by atoms with Crippen molar-refractivity contribution in [3.63, 3.8) is 0 Å². The third-order valence-electron chi connectivity index (χ3n) is 6.14. The van der Waals surface area contributed by atoms with Crippen molar-refractivity contribution < 1.29 is 59.4 Å². The average molecular weight is 576 g/mol. The van der Waals surface area contributed by atoms with Gasteiger partial charge in [-0.3, -0.25) is 4.52 Å². The minimum atomic E-state index is -4.84. The van der Waals surface area contributed by atoms with Crippen LogP contribution in [-0.2, 0) is 13.8 Å². The lowest BCUT2D eigenvalue weighted by Crippen LogP contribution is -2.58. The predicted molar refractivity (Wildman–Crippen MR) is 139 cm³/mol. The van der Waals surface area contributed by atoms with Gasteiger partial charge in [-0.1, -0.05) is 83.3 Å². The van der Waals surface area contributed by atoms with Gasteiger partial charge >= 0.3 is 7.82 Å². The molecule has 228 valence electrons. The molecule has 1 saturated heterocycles. The number of ether oxygens (including phenoxy) is 1. The quantitative estimate of drug-likeness (QED) is 0.0453. The molecule has 0 aromatic rings. The van der Waals surface area contributed by atoms with Gasteiger partial charge in [0.15, 0.2) is 12.6 Å². The minimum Gasteiger partial charge on any atom is -0.394 e. The molecular formula is C24H50NO12P. The Hall–Kier alpha value is -0.510. The van der Waals surface area contributed by atoms with Gasteiger partial charge in [0.25, 0.3) is 0 Å². The summed E-state index contributed by atoms with van der Waals surface area (Å²) in [5.74, 6) is 0. The number of unbranched alkanes of at least 4 members (excludes halogenated alkanes) is 11. The van der Waals surface area contributed by atoms with Gasteiger partial charge in [0.2, 0.25) is 0 Å². The molecule has 0 saturated carbocycles. The molecule has 0 bridgehead atoms. The molecule has 1 aliphatic heterocycles. The highest BCUT2D eigenvalue weighted by Gasteiger charge is 2.42. The monoisotopic (exact) mass is 575 g/mol. The maximum absolute atomic E-state index is 10.6. The normalized spacial score (nSPS) is 26.6. The fourth-order valence-electron chi connectivity index (χ4n) is 3.75. The third kappa shape index (κ3) is 17.2. The van der Waals surface area contributed by atoms with E-state index in [1.54, 1.807) is 6.08 Å². The summed E-state index contributed by atoms with van der Waals surface area (Å²) in [5.41, 5.74) is 5.50. The van der Waals surface area contributed by atoms with Crippen LogP contribution in [0.3, 0.4) is 0 Å². The Labute approximate surface area is 225 Å². The number of aliphatic hydroxyl groups excluding tert-OH is 7. The van der Waals surface area contributed by atoms with Crippen LogP contribution in [0, 0.1) is 0 Å². The van der Waals surface area contributed by atoms with Crippen LogP contribution in [0.5, 0.6) is 0 Å². The SMILES string of the molecule is CCCCCCCCCCCCC/C=C/[C@@H](O)[C@H](N)C(O)OP(=O)(O)O.OC[C@H]1OC(O)[C@H](O)[C@@H](O)[C@@H]1O. The molecule has 38 heavy (non-hydrogen) atoms. The van der Waals surface area contributed by atoms with Gasteiger partial charge in [-0.2, -0.15) is 0 Å². The van der Waals surface area contributed by atoms with Gasteiger partial charge in [0.05, 0.1) is 18.8 Å². The van der Waals surface area contributed by atoms with E-state index in [0.29, 0.717) is 0 Å². The van der Waals surface area contributed by atoms with Crippen LogP contribution in [-0.4, -0.2) is 101 Å². The van der Waals surface area contributed by atoms with Crippen LogP contribution < -0.4 is 5.73 Å². The first-order valence-electron chi connectivity index (χ1n) is 13.4. The zero-order chi connectivity index (χ0) is 29.1. The molecule has 0 aromatic heterocycles. The summed E-state index contributed by atoms with van der Waals surface area (Å²) in [6.07, 6.45) is 7.71. The lowest BCUT2D eigenvalue weighted by Gasteiger charge is -2.37. The van der Waals surface area contributed by atoms with Gasteiger partial charge in [-0.05, 0) is 12.8 Å². The standard InChI is InChI=1S/C18H38NO6P.C6H12O6/c1-2-3-4-5-6-7-8-9-10-11-12-13-14-15-16(20)17(19)18(21)25-26(22,23)24;7-1-2-3(8)4(9)5(10)6(11)12-2/h14-18,20-21H,2-13,19H2,1H3,(H2,22,23,24);2-11H,1H2/b15-14+;/t16-,17+,18?;2-,3-,4+,5-,6?/m11/s1. The zero-order valence-electron chi connectivity index (χ0n) is 22.2. The second-order valence-corrected chi connectivity index (χ2v) is 10.7. The first-order valence-corrected chi connectivity index (χ1v) is 14.9. The van der Waals surface area contributed by atoms with Crippen LogP contribution in [0.1, 0.15) is 84.0 Å². The van der Waals surface area contributed by atoms with Crippen molar-refractivity contribution in [3.8, 4) is 0 Å². The van der Waals surface area contributed by atoms with E-state index in [9.17, 15) is 14.8 Å². The molecule has 2 unspecified atom stereocenters. The number of phosphoric acid groups is 1. The molecular weight excluding hydrogens is 525 g/mol. The highest BCUT2D eigenvalue weighted by atomic mass is 31.2. The van der Waals surface area contributed by atoms with E-state index in [2.05, 4.69) is 16.2 Å². The van der Waals surface area contributed by atoms with Crippen LogP contribution >= 0.6 is 7.82 Å². The number of aliphatic hydroxyl groups is 7. The first-order chi connectivity index (χ1) is 17.9. The predicted octanol–water partition coefficient (Wildman–Crippen LogP) is 0.138. The molecule has 1 rings (SSSR count). The van der Waals surface area contributed by atoms with E-state index in [1.165, 1.54) is 63.9 Å². The Morgan fingerprint density at radius 2 is 1.37 bits per heavy atom. The lowest BCUT2D eigenvalue weighted by molar-refractivity contribution is -0.286. The summed E-state index contributed by atoms with van der Waals surface area (Å²) in [7, 11) is -4.84. The zero-order valence-corrected chi connectivity index (χ0v) is 23.1. The van der Waals surface area contributed by atoms with E-state index < -0.39 is 63.6 Å². The van der Waals surface area contributed by atoms with Gasteiger partial charge in [0.1, 0.15) is 24.4 Å². The molecule has 0 amide bonds. The van der Waals surface area contributed by atoms with Crippen molar-refractivity contribution in [1.29, 1.82) is 0 Å². The minimum absolute atomic E-state index is 0.526. The third-order valence-corrected chi connectivity index (χ3v) is 6.63. The molecule has 0 aromatic carbocycles. The second kappa shape index (κ2) is 21.3. The summed E-state index contributed by atoms with van der Waals surface area (Å²) >= 11 is 0. The van der Waals surface area contributed by atoms with Crippen molar-refractivity contribution in [2.75, 3.05) is 6.61 Å². The topological polar surface area (TPSA) is 244 Å². The molecule has 14 heteroatoms. The van der Waals surface area contributed by atoms with Crippen molar-refractivity contribution in [2.45, 2.75) is 133 Å². The number of phosphoric ester groups is 1. The van der Waals surface area contributed by atoms with Gasteiger partial charge in [-0.15, -0.1) is 0 Å². The Morgan fingerprint density at radius 3 is 1.84 bits per heavy atom. The molecule has 1 heterocycles. The molecule has 1 fully saturated rings. The summed E-state index contributed by atoms with van der Waals surface area (Å²) < 4.78 is 19.2. The van der Waals surface area contributed by atoms with Crippen molar-refractivity contribution in [3.05, 3.63) is 12.2 Å². The molecule has 11 N–H and O–H groups in total. The fourth-order valence-corrected chi connectivity index (χ4v) is 4.17. The number of hydrogen-bond acceptors (Lipinski definition) is 11. The van der Waals surface area contributed by atoms with Gasteiger partial charge in [0, 0.05) is 0 Å². The number of nitrogens with two attached hydrogens (primary N) is 1. The Balaban J connectivity index is 0.000000942. The van der Waals surface area contributed by atoms with Crippen LogP contribution in [0.4, 0.5) is 0 Å². The van der Waals surface area contributed by atoms with Crippen molar-refractivity contribution in [2.24, 2.45) is 5.73 Å². The highest BCUT2D eigenvalue weighted by Crippen LogP contribution is 2.37. The molecule has 13 nitrogen and oxygen atoms in total. The van der Waals surface area contributed by atoms with E-state index in [4.69, 9.17) is 41.1 Å². The maximum atomic E-state index is 10.6. The Bertz CT molecular complexity index is 647. The van der Waals surface area contributed by atoms with E-state index in [1.807, 2.05) is 0 Å². The summed E-state index contributed by atoms with van der Waals surface area (Å²) in [5, 5.41) is 63.8. The van der Waals surface area contributed by atoms with Crippen molar-refractivity contribution in [1.82, 2.24) is 0 Å². The lowest BCUT2D eigenvalue weighted by atomic mass is 10.00. The highest BCUT2D eigenvalue weighted by molar-refractivity contribution is 7.46. The van der Waals surface area contributed by atoms with E-state index >= 15 is 0 Å². The Kier molecular flexibility index (Phi) is 21.0. The molecule has 0 spiro atoms. The van der Waals surface area contributed by atoms with E-state index in [0.717, 1.165) is 19.3 Å². The summed E-state index contributed by atoms with van der Waals surface area (Å²) in [4.78, 5) is 17.2. The smallest absolute Gasteiger partial charge is 0.394 e. The Morgan fingerprint density at radius 1 is 0.868 bits per heavy atom. The maximum Gasteiger partial charge on any atom is 0.471 e. The molecule has 1 aliphatic rings. The average Bonchev–Trinajstić information content (AvgIpc) is 2.86. The van der Waals surface area contributed by atoms with Crippen LogP contribution in [0.15, 0.2) is 12.2 Å². The second-order valence-electron chi connectivity index (χ2n) is 9.53. The largest absolute Gasteiger partial charge is 0.471 e. The molecule has 8 atom stereocenters. The van der Waals surface area contributed by atoms with Crippen LogP contribution in [0.2, 0.25) is 0 Å². The summed E-state index contributed by atoms with van der Waals surface area (Å²) in [6.45, 7) is 1.70. The summed E-state index contributed by atoms with van der Waals surface area (Å²) in [6, 6.07) is -1.32. The first kappa shape index (κ1) is 37.5. The fraction of sp³-hybridized carbons (Fsp3) is 0.917. The van der Waals surface area contributed by atoms with E-state index in [-0.39, 0.29) is 0 Å². The molecule has 0 radical (unpaired) electrons. The van der Waals surface area contributed by atoms with Gasteiger partial charge < -0.3 is 56.0 Å². The van der Waals surface area contributed by atoms with Crippen molar-refractivity contribution >= 4 is 7.82 Å². The number of allylic oxidation sites excluding steroid dienone is 1. The number of rotatable bonds is 18. The van der Waals surface area contributed by atoms with Crippen LogP contribution in [0.25, 0.3) is 0 Å². The molecule has 0 aliphatic carbocycles. The number of hydrogen-bond donors (Lipinski definition) is 10.